The molecule has 0 saturated heterocycles. The molecule has 0 radical (unpaired) electrons. The molecule has 3 rings (SSSR count). The van der Waals surface area contributed by atoms with Gasteiger partial charge in [0.05, 0.1) is 5.69 Å². The number of carbonyl (C=O) groups is 3. The Balaban J connectivity index is 1.89. The van der Waals surface area contributed by atoms with Gasteiger partial charge in [0.25, 0.3) is 11.8 Å². The molecule has 29 heavy (non-hydrogen) atoms. The van der Waals surface area contributed by atoms with Gasteiger partial charge in [0.1, 0.15) is 11.7 Å². The Labute approximate surface area is 167 Å². The maximum Gasteiger partial charge on any atom is 0.287 e. The van der Waals surface area contributed by atoms with Crippen LogP contribution in [0.5, 0.6) is 0 Å². The first-order valence-electron chi connectivity index (χ1n) is 9.03. The molecule has 0 aliphatic rings. The van der Waals surface area contributed by atoms with Crippen molar-refractivity contribution < 1.29 is 14.4 Å². The minimum absolute atomic E-state index is 0.143. The summed E-state index contributed by atoms with van der Waals surface area (Å²) in [7, 11) is 0. The molecule has 0 fully saturated rings. The summed E-state index contributed by atoms with van der Waals surface area (Å²) in [5.41, 5.74) is 7.75. The molecule has 0 aliphatic heterocycles. The molecule has 3 aromatic rings. The van der Waals surface area contributed by atoms with E-state index in [1.807, 2.05) is 31.2 Å². The molecule has 3 N–H and O–H groups in total. The number of hydrogen-bond donors (Lipinski definition) is 2. The standard InChI is InChI=1S/C21H21N5O3/c1-13-8-9-18(23-12-13)26-17(10-14(2)25-26)21(29)24-16(19(27)20(22)28)11-15-6-4-3-5-7-15/h3-10,12,16H,11H2,1-2H3,(H2,22,28)(H,24,29). The Morgan fingerprint density at radius 2 is 1.83 bits per heavy atom. The Kier molecular flexibility index (Phi) is 5.82. The highest BCUT2D eigenvalue weighted by atomic mass is 16.2. The molecule has 1 aromatic carbocycles. The quantitative estimate of drug-likeness (QED) is 0.588. The van der Waals surface area contributed by atoms with Crippen LogP contribution in [-0.2, 0) is 16.0 Å². The summed E-state index contributed by atoms with van der Waals surface area (Å²) in [5.74, 6) is -2.05. The molecule has 0 saturated carbocycles. The van der Waals surface area contributed by atoms with Gasteiger partial charge in [0.15, 0.2) is 5.82 Å². The summed E-state index contributed by atoms with van der Waals surface area (Å²) in [6.07, 6.45) is 1.81. The highest BCUT2D eigenvalue weighted by molar-refractivity contribution is 6.38. The molecular formula is C21H21N5O3. The fourth-order valence-electron chi connectivity index (χ4n) is 2.88. The van der Waals surface area contributed by atoms with Gasteiger partial charge in [-0.05, 0) is 37.1 Å². The number of rotatable bonds is 7. The van der Waals surface area contributed by atoms with E-state index in [0.717, 1.165) is 11.1 Å². The smallest absolute Gasteiger partial charge is 0.287 e. The monoisotopic (exact) mass is 391 g/mol. The fourth-order valence-corrected chi connectivity index (χ4v) is 2.88. The van der Waals surface area contributed by atoms with Crippen molar-refractivity contribution in [2.45, 2.75) is 26.3 Å². The molecule has 0 aliphatic carbocycles. The number of aromatic nitrogens is 3. The van der Waals surface area contributed by atoms with Crippen molar-refractivity contribution in [1.82, 2.24) is 20.1 Å². The molecule has 2 heterocycles. The van der Waals surface area contributed by atoms with Gasteiger partial charge in [0, 0.05) is 12.6 Å². The minimum atomic E-state index is -1.10. The van der Waals surface area contributed by atoms with Crippen LogP contribution in [0, 0.1) is 13.8 Å². The summed E-state index contributed by atoms with van der Waals surface area (Å²) in [5, 5.41) is 6.94. The van der Waals surface area contributed by atoms with Gasteiger partial charge in [-0.3, -0.25) is 14.4 Å². The van der Waals surface area contributed by atoms with Crippen LogP contribution < -0.4 is 11.1 Å². The van der Waals surface area contributed by atoms with E-state index in [1.54, 1.807) is 37.4 Å². The lowest BCUT2D eigenvalue weighted by molar-refractivity contribution is -0.137. The van der Waals surface area contributed by atoms with Crippen molar-refractivity contribution >= 4 is 17.6 Å². The predicted molar refractivity (Wildman–Crippen MR) is 106 cm³/mol. The molecule has 0 spiro atoms. The minimum Gasteiger partial charge on any atom is -0.363 e. The zero-order valence-electron chi connectivity index (χ0n) is 16.1. The summed E-state index contributed by atoms with van der Waals surface area (Å²) in [4.78, 5) is 41.0. The molecule has 0 bridgehead atoms. The number of nitrogens with two attached hydrogens (primary N) is 1. The Bertz CT molecular complexity index is 1040. The van der Waals surface area contributed by atoms with Crippen molar-refractivity contribution in [3.63, 3.8) is 0 Å². The number of pyridine rings is 1. The molecule has 2 aromatic heterocycles. The molecule has 8 nitrogen and oxygen atoms in total. The van der Waals surface area contributed by atoms with Crippen molar-refractivity contribution in [2.75, 3.05) is 0 Å². The number of ketones is 1. The number of carbonyl (C=O) groups excluding carboxylic acids is 3. The van der Waals surface area contributed by atoms with Crippen LogP contribution in [0.4, 0.5) is 0 Å². The average Bonchev–Trinajstić information content (AvgIpc) is 3.10. The lowest BCUT2D eigenvalue weighted by Crippen LogP contribution is -2.47. The topological polar surface area (TPSA) is 120 Å². The maximum atomic E-state index is 12.9. The van der Waals surface area contributed by atoms with E-state index in [1.165, 1.54) is 4.68 Å². The third kappa shape index (κ3) is 4.73. The second kappa shape index (κ2) is 8.47. The third-order valence-electron chi connectivity index (χ3n) is 4.32. The summed E-state index contributed by atoms with van der Waals surface area (Å²) < 4.78 is 1.40. The predicted octanol–water partition coefficient (Wildman–Crippen LogP) is 1.28. The highest BCUT2D eigenvalue weighted by Crippen LogP contribution is 2.12. The lowest BCUT2D eigenvalue weighted by Gasteiger charge is -2.16. The van der Waals surface area contributed by atoms with E-state index in [4.69, 9.17) is 5.73 Å². The zero-order chi connectivity index (χ0) is 21.0. The van der Waals surface area contributed by atoms with Gasteiger partial charge in [0.2, 0.25) is 5.78 Å². The van der Waals surface area contributed by atoms with E-state index >= 15 is 0 Å². The number of amides is 2. The summed E-state index contributed by atoms with van der Waals surface area (Å²) in [6, 6.07) is 13.2. The largest absolute Gasteiger partial charge is 0.363 e. The molecule has 8 heteroatoms. The maximum absolute atomic E-state index is 12.9. The van der Waals surface area contributed by atoms with Crippen LogP contribution in [0.2, 0.25) is 0 Å². The average molecular weight is 391 g/mol. The Morgan fingerprint density at radius 3 is 2.45 bits per heavy atom. The van der Waals surface area contributed by atoms with Crippen LogP contribution >= 0.6 is 0 Å². The number of nitrogens with zero attached hydrogens (tertiary/aromatic N) is 3. The van der Waals surface area contributed by atoms with E-state index in [2.05, 4.69) is 15.4 Å². The fraction of sp³-hybridized carbons (Fsp3) is 0.190. The molecular weight excluding hydrogens is 370 g/mol. The SMILES string of the molecule is Cc1ccc(-n2nc(C)cc2C(=O)NC(Cc2ccccc2)C(=O)C(N)=O)nc1. The first-order chi connectivity index (χ1) is 13.8. The Morgan fingerprint density at radius 1 is 1.10 bits per heavy atom. The van der Waals surface area contributed by atoms with Crippen molar-refractivity contribution in [2.24, 2.45) is 5.73 Å². The van der Waals surface area contributed by atoms with E-state index < -0.39 is 23.6 Å². The van der Waals surface area contributed by atoms with Crippen molar-refractivity contribution in [1.29, 1.82) is 0 Å². The van der Waals surface area contributed by atoms with Crippen LogP contribution in [-0.4, -0.2) is 38.4 Å². The first-order valence-corrected chi connectivity index (χ1v) is 9.03. The summed E-state index contributed by atoms with van der Waals surface area (Å²) in [6.45, 7) is 3.65. The van der Waals surface area contributed by atoms with Crippen molar-refractivity contribution in [3.05, 3.63) is 77.2 Å². The van der Waals surface area contributed by atoms with E-state index in [-0.39, 0.29) is 12.1 Å². The van der Waals surface area contributed by atoms with Gasteiger partial charge in [-0.25, -0.2) is 9.67 Å². The van der Waals surface area contributed by atoms with Crippen LogP contribution in [0.25, 0.3) is 5.82 Å². The normalized spacial score (nSPS) is 11.7. The van der Waals surface area contributed by atoms with Crippen LogP contribution in [0.1, 0.15) is 27.3 Å². The van der Waals surface area contributed by atoms with Gasteiger partial charge in [-0.2, -0.15) is 5.10 Å². The number of nitrogens with one attached hydrogen (secondary N) is 1. The molecule has 148 valence electrons. The van der Waals surface area contributed by atoms with Crippen LogP contribution in [0.3, 0.4) is 0 Å². The second-order valence-electron chi connectivity index (χ2n) is 6.72. The molecule has 1 unspecified atom stereocenters. The second-order valence-corrected chi connectivity index (χ2v) is 6.72. The van der Waals surface area contributed by atoms with Crippen LogP contribution in [0.15, 0.2) is 54.7 Å². The number of benzene rings is 1. The zero-order valence-corrected chi connectivity index (χ0v) is 16.1. The van der Waals surface area contributed by atoms with E-state index in [0.29, 0.717) is 11.5 Å². The number of primary amides is 1. The summed E-state index contributed by atoms with van der Waals surface area (Å²) >= 11 is 0. The third-order valence-corrected chi connectivity index (χ3v) is 4.32. The lowest BCUT2D eigenvalue weighted by atomic mass is 10.0. The van der Waals surface area contributed by atoms with Gasteiger partial charge in [-0.15, -0.1) is 0 Å². The van der Waals surface area contributed by atoms with Crippen molar-refractivity contribution in [3.8, 4) is 5.82 Å². The molecule has 2 amide bonds. The highest BCUT2D eigenvalue weighted by Gasteiger charge is 2.27. The number of aryl methyl sites for hydroxylation is 2. The Hall–Kier alpha value is -3.81. The number of hydrogen-bond acceptors (Lipinski definition) is 5. The van der Waals surface area contributed by atoms with Gasteiger partial charge in [-0.1, -0.05) is 36.4 Å². The molecule has 1 atom stereocenters. The van der Waals surface area contributed by atoms with Gasteiger partial charge < -0.3 is 11.1 Å². The number of Topliss-reactive ketones (excluding diaryl/α,β-unsaturated/α-hetero) is 1. The van der Waals surface area contributed by atoms with E-state index in [9.17, 15) is 14.4 Å². The first kappa shape index (κ1) is 19.9. The van der Waals surface area contributed by atoms with Gasteiger partial charge >= 0.3 is 0 Å².